The van der Waals surface area contributed by atoms with Gasteiger partial charge in [-0.15, -0.1) is 11.3 Å². The third-order valence-corrected chi connectivity index (χ3v) is 4.65. The fourth-order valence-corrected chi connectivity index (χ4v) is 3.46. The van der Waals surface area contributed by atoms with Crippen molar-refractivity contribution in [2.45, 2.75) is 19.9 Å². The molecule has 1 atom stereocenters. The maximum absolute atomic E-state index is 13.5. The molecule has 0 spiro atoms. The molecule has 0 saturated carbocycles. The molecule has 0 amide bonds. The second kappa shape index (κ2) is 5.39. The van der Waals surface area contributed by atoms with Gasteiger partial charge < -0.3 is 5.32 Å². The zero-order valence-corrected chi connectivity index (χ0v) is 12.1. The molecule has 18 heavy (non-hydrogen) atoms. The first-order chi connectivity index (χ1) is 8.52. The van der Waals surface area contributed by atoms with Gasteiger partial charge in [0.2, 0.25) is 0 Å². The van der Waals surface area contributed by atoms with E-state index < -0.39 is 0 Å². The molecule has 1 aromatic carbocycles. The number of thiophene rings is 1. The lowest BCUT2D eigenvalue weighted by atomic mass is 10.0. The van der Waals surface area contributed by atoms with Crippen LogP contribution in [0.1, 0.15) is 27.6 Å². The van der Waals surface area contributed by atoms with Gasteiger partial charge >= 0.3 is 0 Å². The molecule has 0 aliphatic heterocycles. The molecule has 0 saturated heterocycles. The Labute approximate surface area is 116 Å². The van der Waals surface area contributed by atoms with Gasteiger partial charge in [0.05, 0.1) is 11.1 Å². The van der Waals surface area contributed by atoms with Crippen molar-refractivity contribution in [2.24, 2.45) is 0 Å². The summed E-state index contributed by atoms with van der Waals surface area (Å²) >= 11 is 7.89. The maximum atomic E-state index is 13.5. The van der Waals surface area contributed by atoms with E-state index >= 15 is 0 Å². The summed E-state index contributed by atoms with van der Waals surface area (Å²) < 4.78 is 13.5. The zero-order chi connectivity index (χ0) is 13.3. The van der Waals surface area contributed by atoms with E-state index in [-0.39, 0.29) is 11.9 Å². The maximum Gasteiger partial charge on any atom is 0.123 e. The van der Waals surface area contributed by atoms with Crippen LogP contribution in [-0.4, -0.2) is 7.05 Å². The van der Waals surface area contributed by atoms with Crippen molar-refractivity contribution >= 4 is 22.9 Å². The van der Waals surface area contributed by atoms with Gasteiger partial charge in [-0.3, -0.25) is 0 Å². The van der Waals surface area contributed by atoms with E-state index in [9.17, 15) is 4.39 Å². The smallest absolute Gasteiger partial charge is 0.123 e. The molecule has 0 aliphatic carbocycles. The van der Waals surface area contributed by atoms with E-state index in [0.29, 0.717) is 0 Å². The van der Waals surface area contributed by atoms with Crippen LogP contribution in [-0.2, 0) is 0 Å². The van der Waals surface area contributed by atoms with Crippen molar-refractivity contribution in [3.05, 3.63) is 56.0 Å². The highest BCUT2D eigenvalue weighted by Crippen LogP contribution is 2.35. The largest absolute Gasteiger partial charge is 0.309 e. The van der Waals surface area contributed by atoms with E-state index in [2.05, 4.69) is 5.32 Å². The van der Waals surface area contributed by atoms with Gasteiger partial charge in [-0.25, -0.2) is 4.39 Å². The Balaban J connectivity index is 2.48. The first kappa shape index (κ1) is 13.5. The third kappa shape index (κ3) is 2.58. The molecule has 1 N–H and O–H groups in total. The van der Waals surface area contributed by atoms with E-state index in [1.165, 1.54) is 6.07 Å². The van der Waals surface area contributed by atoms with Crippen LogP contribution >= 0.6 is 22.9 Å². The first-order valence-electron chi connectivity index (χ1n) is 5.70. The average Bonchev–Trinajstić information content (AvgIpc) is 2.61. The van der Waals surface area contributed by atoms with Crippen LogP contribution in [0.25, 0.3) is 0 Å². The summed E-state index contributed by atoms with van der Waals surface area (Å²) in [5, 5.41) is 5.99. The Morgan fingerprint density at radius 2 is 2.00 bits per heavy atom. The number of rotatable bonds is 3. The minimum Gasteiger partial charge on any atom is -0.309 e. The molecule has 2 rings (SSSR count). The quantitative estimate of drug-likeness (QED) is 0.876. The van der Waals surface area contributed by atoms with Gasteiger partial charge in [0.1, 0.15) is 5.82 Å². The highest BCUT2D eigenvalue weighted by atomic mass is 35.5. The summed E-state index contributed by atoms with van der Waals surface area (Å²) in [6.45, 7) is 3.87. The van der Waals surface area contributed by atoms with Gasteiger partial charge in [-0.05, 0) is 55.1 Å². The summed E-state index contributed by atoms with van der Waals surface area (Å²) in [4.78, 5) is 1.03. The van der Waals surface area contributed by atoms with Crippen LogP contribution < -0.4 is 5.32 Å². The van der Waals surface area contributed by atoms with E-state index in [1.54, 1.807) is 17.4 Å². The van der Waals surface area contributed by atoms with Gasteiger partial charge in [-0.2, -0.15) is 0 Å². The predicted octanol–water partition coefficient (Wildman–Crippen LogP) is 4.47. The van der Waals surface area contributed by atoms with Gasteiger partial charge in [-0.1, -0.05) is 17.7 Å². The summed E-state index contributed by atoms with van der Waals surface area (Å²) in [6.07, 6.45) is 0. The third-order valence-electron chi connectivity index (χ3n) is 2.87. The minimum absolute atomic E-state index is 0.0643. The van der Waals surface area contributed by atoms with Crippen molar-refractivity contribution < 1.29 is 4.39 Å². The topological polar surface area (TPSA) is 12.0 Å². The van der Waals surface area contributed by atoms with Crippen LogP contribution in [0, 0.1) is 19.7 Å². The molecule has 0 radical (unpaired) electrons. The monoisotopic (exact) mass is 283 g/mol. The average molecular weight is 284 g/mol. The molecule has 0 bridgehead atoms. The normalized spacial score (nSPS) is 12.7. The molecule has 4 heteroatoms. The number of nitrogens with one attached hydrogen (secondary N) is 1. The fraction of sp³-hybridized carbons (Fsp3) is 0.286. The number of hydrogen-bond donors (Lipinski definition) is 1. The Morgan fingerprint density at radius 3 is 2.50 bits per heavy atom. The van der Waals surface area contributed by atoms with Crippen molar-refractivity contribution in [1.82, 2.24) is 5.32 Å². The first-order valence-corrected chi connectivity index (χ1v) is 6.96. The van der Waals surface area contributed by atoms with Crippen molar-refractivity contribution in [1.29, 1.82) is 0 Å². The Kier molecular flexibility index (Phi) is 4.05. The van der Waals surface area contributed by atoms with Crippen LogP contribution in [0.3, 0.4) is 0 Å². The Hall–Kier alpha value is -0.900. The highest BCUT2D eigenvalue weighted by molar-refractivity contribution is 7.10. The summed E-state index contributed by atoms with van der Waals surface area (Å²) in [5.74, 6) is -0.213. The second-order valence-electron chi connectivity index (χ2n) is 4.38. The van der Waals surface area contributed by atoms with Crippen LogP contribution in [0.4, 0.5) is 4.39 Å². The molecule has 1 nitrogen and oxygen atoms in total. The molecular formula is C14H15ClFNS. The molecular weight excluding hydrogens is 269 g/mol. The molecule has 1 heterocycles. The second-order valence-corrected chi connectivity index (χ2v) is 5.67. The molecule has 2 aromatic rings. The summed E-state index contributed by atoms with van der Waals surface area (Å²) in [7, 11) is 1.86. The molecule has 1 unspecified atom stereocenters. The SMILES string of the molecule is CNC(c1cc(C)cc(F)c1)c1scc(C)c1Cl. The predicted molar refractivity (Wildman–Crippen MR) is 76.1 cm³/mol. The Morgan fingerprint density at radius 1 is 1.28 bits per heavy atom. The standard InChI is InChI=1S/C14H15ClFNS/c1-8-4-10(6-11(16)5-8)13(17-3)14-12(15)9(2)7-18-14/h4-7,13,17H,1-3H3. The fourth-order valence-electron chi connectivity index (χ4n) is 2.02. The van der Waals surface area contributed by atoms with Crippen LogP contribution in [0.2, 0.25) is 5.02 Å². The lowest BCUT2D eigenvalue weighted by molar-refractivity contribution is 0.616. The van der Waals surface area contributed by atoms with Crippen LogP contribution in [0.15, 0.2) is 23.6 Å². The number of aryl methyl sites for hydroxylation is 2. The van der Waals surface area contributed by atoms with Gasteiger partial charge in [0, 0.05) is 4.88 Å². The van der Waals surface area contributed by atoms with Crippen molar-refractivity contribution in [2.75, 3.05) is 7.05 Å². The number of benzene rings is 1. The van der Waals surface area contributed by atoms with Crippen LogP contribution in [0.5, 0.6) is 0 Å². The van der Waals surface area contributed by atoms with E-state index in [1.807, 2.05) is 32.3 Å². The zero-order valence-electron chi connectivity index (χ0n) is 10.6. The van der Waals surface area contributed by atoms with Gasteiger partial charge in [0.25, 0.3) is 0 Å². The molecule has 0 fully saturated rings. The summed E-state index contributed by atoms with van der Waals surface area (Å²) in [5.41, 5.74) is 2.87. The minimum atomic E-state index is -0.213. The van der Waals surface area contributed by atoms with Crippen molar-refractivity contribution in [3.8, 4) is 0 Å². The Bertz CT molecular complexity index is 545. The molecule has 0 aliphatic rings. The lowest BCUT2D eigenvalue weighted by Crippen LogP contribution is -2.17. The number of hydrogen-bond acceptors (Lipinski definition) is 2. The summed E-state index contributed by atoms with van der Waals surface area (Å²) in [6, 6.07) is 5.00. The van der Waals surface area contributed by atoms with Crippen molar-refractivity contribution in [3.63, 3.8) is 0 Å². The van der Waals surface area contributed by atoms with E-state index in [0.717, 1.165) is 26.6 Å². The molecule has 1 aromatic heterocycles. The molecule has 96 valence electrons. The number of halogens is 2. The highest BCUT2D eigenvalue weighted by Gasteiger charge is 2.19. The van der Waals surface area contributed by atoms with Gasteiger partial charge in [0.15, 0.2) is 0 Å². The lowest BCUT2D eigenvalue weighted by Gasteiger charge is -2.16. The van der Waals surface area contributed by atoms with E-state index in [4.69, 9.17) is 11.6 Å².